The van der Waals surface area contributed by atoms with Crippen molar-refractivity contribution in [1.82, 2.24) is 4.98 Å². The largest absolute Gasteiger partial charge is 0.360 e. The molecule has 1 aromatic heterocycles. The first-order valence-electron chi connectivity index (χ1n) is 7.27. The van der Waals surface area contributed by atoms with Gasteiger partial charge < -0.3 is 4.98 Å². The van der Waals surface area contributed by atoms with E-state index in [0.29, 0.717) is 12.1 Å². The SMILES string of the molecule is N#Cc1ccc(NS(=O)(=O)c2c[nH]c(-c3cc(F)c(F)cc3F)c2)c(F)c1. The van der Waals surface area contributed by atoms with Gasteiger partial charge >= 0.3 is 0 Å². The zero-order valence-corrected chi connectivity index (χ0v) is 14.0. The van der Waals surface area contributed by atoms with Crippen LogP contribution in [0.25, 0.3) is 11.3 Å². The van der Waals surface area contributed by atoms with Crippen molar-refractivity contribution < 1.29 is 26.0 Å². The number of benzene rings is 2. The second-order valence-electron chi connectivity index (χ2n) is 5.41. The number of hydrogen-bond donors (Lipinski definition) is 2. The third-order valence-electron chi connectivity index (χ3n) is 3.61. The van der Waals surface area contributed by atoms with Gasteiger partial charge in [0.1, 0.15) is 16.5 Å². The smallest absolute Gasteiger partial charge is 0.263 e. The minimum Gasteiger partial charge on any atom is -0.360 e. The van der Waals surface area contributed by atoms with E-state index in [2.05, 4.69) is 4.98 Å². The first-order chi connectivity index (χ1) is 12.7. The minimum absolute atomic E-state index is 0.00758. The van der Waals surface area contributed by atoms with Crippen LogP contribution in [0.3, 0.4) is 0 Å². The molecule has 0 spiro atoms. The van der Waals surface area contributed by atoms with Crippen molar-refractivity contribution in [1.29, 1.82) is 5.26 Å². The molecule has 0 saturated carbocycles. The van der Waals surface area contributed by atoms with Crippen LogP contribution in [0.15, 0.2) is 47.5 Å². The van der Waals surface area contributed by atoms with Crippen molar-refractivity contribution in [3.05, 3.63) is 71.4 Å². The molecule has 0 bridgehead atoms. The number of anilines is 1. The van der Waals surface area contributed by atoms with Crippen LogP contribution >= 0.6 is 0 Å². The number of aromatic nitrogens is 1. The van der Waals surface area contributed by atoms with Gasteiger partial charge in [-0.15, -0.1) is 0 Å². The molecule has 3 aromatic rings. The van der Waals surface area contributed by atoms with Gasteiger partial charge in [0.05, 0.1) is 17.3 Å². The Balaban J connectivity index is 1.94. The standard InChI is InChI=1S/C17H9F4N3O2S/c18-12-6-14(20)13(19)5-11(12)17-4-10(8-23-17)27(25,26)24-16-2-1-9(7-22)3-15(16)21/h1-6,8,23-24H. The second-order valence-corrected chi connectivity index (χ2v) is 7.09. The number of rotatable bonds is 4. The molecule has 0 atom stereocenters. The summed E-state index contributed by atoms with van der Waals surface area (Å²) < 4.78 is 80.8. The van der Waals surface area contributed by atoms with E-state index in [4.69, 9.17) is 5.26 Å². The van der Waals surface area contributed by atoms with Crippen LogP contribution in [0.1, 0.15) is 5.56 Å². The van der Waals surface area contributed by atoms with E-state index < -0.39 is 39.0 Å². The maximum absolute atomic E-state index is 13.9. The van der Waals surface area contributed by atoms with Gasteiger partial charge in [0.25, 0.3) is 10.0 Å². The zero-order valence-electron chi connectivity index (χ0n) is 13.2. The molecule has 5 nitrogen and oxygen atoms in total. The van der Waals surface area contributed by atoms with E-state index in [-0.39, 0.29) is 21.7 Å². The summed E-state index contributed by atoms with van der Waals surface area (Å²) in [5.74, 6) is -4.73. The maximum atomic E-state index is 13.9. The van der Waals surface area contributed by atoms with Gasteiger partial charge in [-0.25, -0.2) is 26.0 Å². The summed E-state index contributed by atoms with van der Waals surface area (Å²) in [6, 6.07) is 6.77. The van der Waals surface area contributed by atoms with Crippen molar-refractivity contribution in [3.8, 4) is 17.3 Å². The number of nitrogens with one attached hydrogen (secondary N) is 2. The van der Waals surface area contributed by atoms with E-state index in [1.807, 2.05) is 4.72 Å². The molecule has 27 heavy (non-hydrogen) atoms. The van der Waals surface area contributed by atoms with Gasteiger partial charge in [-0.1, -0.05) is 0 Å². The fraction of sp³-hybridized carbons (Fsp3) is 0. The average Bonchev–Trinajstić information content (AvgIpc) is 3.10. The van der Waals surface area contributed by atoms with E-state index >= 15 is 0 Å². The lowest BCUT2D eigenvalue weighted by molar-refractivity contribution is 0.496. The van der Waals surface area contributed by atoms with Crippen molar-refractivity contribution >= 4 is 15.7 Å². The van der Waals surface area contributed by atoms with Crippen LogP contribution in [0.5, 0.6) is 0 Å². The van der Waals surface area contributed by atoms with Gasteiger partial charge in [-0.3, -0.25) is 4.72 Å². The predicted octanol–water partition coefficient (Wildman–Crippen LogP) is 3.91. The molecule has 0 unspecified atom stereocenters. The normalized spacial score (nSPS) is 11.2. The van der Waals surface area contributed by atoms with Gasteiger partial charge in [-0.05, 0) is 30.3 Å². The summed E-state index contributed by atoms with van der Waals surface area (Å²) in [5.41, 5.74) is -0.879. The van der Waals surface area contributed by atoms with E-state index in [0.717, 1.165) is 24.4 Å². The molecule has 3 rings (SSSR count). The van der Waals surface area contributed by atoms with Gasteiger partial charge in [-0.2, -0.15) is 5.26 Å². The summed E-state index contributed by atoms with van der Waals surface area (Å²) in [4.78, 5) is 2.07. The highest BCUT2D eigenvalue weighted by Crippen LogP contribution is 2.27. The molecule has 0 aliphatic heterocycles. The number of H-pyrrole nitrogens is 1. The third-order valence-corrected chi connectivity index (χ3v) is 4.95. The van der Waals surface area contributed by atoms with Crippen molar-refractivity contribution in [3.63, 3.8) is 0 Å². The molecule has 0 aliphatic carbocycles. The number of nitrogens with zero attached hydrogens (tertiary/aromatic N) is 1. The summed E-state index contributed by atoms with van der Waals surface area (Å²) in [6.07, 6.45) is 0.986. The highest BCUT2D eigenvalue weighted by molar-refractivity contribution is 7.92. The minimum atomic E-state index is -4.27. The second kappa shape index (κ2) is 6.77. The Labute approximate surface area is 150 Å². The molecule has 138 valence electrons. The maximum Gasteiger partial charge on any atom is 0.263 e. The molecule has 0 aliphatic rings. The van der Waals surface area contributed by atoms with E-state index in [9.17, 15) is 26.0 Å². The predicted molar refractivity (Wildman–Crippen MR) is 88.0 cm³/mol. The number of aromatic amines is 1. The van der Waals surface area contributed by atoms with Crippen molar-refractivity contribution in [2.75, 3.05) is 4.72 Å². The Bertz CT molecular complexity index is 1180. The van der Waals surface area contributed by atoms with Crippen LogP contribution in [-0.2, 0) is 10.0 Å². The molecule has 0 fully saturated rings. The Morgan fingerprint density at radius 3 is 2.30 bits per heavy atom. The fourth-order valence-corrected chi connectivity index (χ4v) is 3.35. The van der Waals surface area contributed by atoms with Gasteiger partial charge in [0, 0.05) is 23.5 Å². The topological polar surface area (TPSA) is 85.8 Å². The molecule has 0 amide bonds. The van der Waals surface area contributed by atoms with Crippen LogP contribution in [0, 0.1) is 34.6 Å². The molecule has 2 N–H and O–H groups in total. The van der Waals surface area contributed by atoms with Crippen molar-refractivity contribution in [2.24, 2.45) is 0 Å². The summed E-state index contributed by atoms with van der Waals surface area (Å²) in [5, 5.41) is 8.69. The Morgan fingerprint density at radius 1 is 0.926 bits per heavy atom. The molecule has 10 heteroatoms. The van der Waals surface area contributed by atoms with Gasteiger partial charge in [0.15, 0.2) is 11.6 Å². The van der Waals surface area contributed by atoms with E-state index in [1.54, 1.807) is 6.07 Å². The van der Waals surface area contributed by atoms with Crippen LogP contribution < -0.4 is 4.72 Å². The number of hydrogen-bond acceptors (Lipinski definition) is 3. The summed E-state index contributed by atoms with van der Waals surface area (Å²) in [6.45, 7) is 0. The summed E-state index contributed by atoms with van der Waals surface area (Å²) >= 11 is 0. The highest BCUT2D eigenvalue weighted by Gasteiger charge is 2.20. The van der Waals surface area contributed by atoms with Crippen LogP contribution in [0.4, 0.5) is 23.2 Å². The van der Waals surface area contributed by atoms with Crippen LogP contribution in [0.2, 0.25) is 0 Å². The van der Waals surface area contributed by atoms with Crippen molar-refractivity contribution in [2.45, 2.75) is 4.90 Å². The molecule has 1 heterocycles. The lowest BCUT2D eigenvalue weighted by Crippen LogP contribution is -2.13. The first kappa shape index (κ1) is 18.5. The number of sulfonamides is 1. The lowest BCUT2D eigenvalue weighted by atomic mass is 10.1. The Hall–Kier alpha value is -3.32. The fourth-order valence-electron chi connectivity index (χ4n) is 2.29. The molecule has 2 aromatic carbocycles. The quantitative estimate of drug-likeness (QED) is 0.519. The number of halogens is 4. The first-order valence-corrected chi connectivity index (χ1v) is 8.75. The third kappa shape index (κ3) is 3.63. The molecular weight excluding hydrogens is 386 g/mol. The monoisotopic (exact) mass is 395 g/mol. The lowest BCUT2D eigenvalue weighted by Gasteiger charge is -2.07. The van der Waals surface area contributed by atoms with Gasteiger partial charge in [0.2, 0.25) is 0 Å². The highest BCUT2D eigenvalue weighted by atomic mass is 32.2. The van der Waals surface area contributed by atoms with E-state index in [1.165, 1.54) is 6.07 Å². The molecule has 0 saturated heterocycles. The Morgan fingerprint density at radius 2 is 1.63 bits per heavy atom. The zero-order chi connectivity index (χ0) is 19.8. The number of nitriles is 1. The Kier molecular flexibility index (Phi) is 4.63. The molecule has 0 radical (unpaired) electrons. The summed E-state index contributed by atoms with van der Waals surface area (Å²) in [7, 11) is -4.27. The van der Waals surface area contributed by atoms with Crippen LogP contribution in [-0.4, -0.2) is 13.4 Å². The average molecular weight is 395 g/mol. The molecular formula is C17H9F4N3O2S.